The molecule has 1 aliphatic carbocycles. The van der Waals surface area contributed by atoms with E-state index in [1.165, 1.54) is 27.9 Å². The Morgan fingerprint density at radius 2 is 1.92 bits per heavy atom. The van der Waals surface area contributed by atoms with E-state index in [2.05, 4.69) is 10.1 Å². The lowest BCUT2D eigenvalue weighted by atomic mass is 10.1. The van der Waals surface area contributed by atoms with Crippen molar-refractivity contribution < 1.29 is 18.0 Å². The van der Waals surface area contributed by atoms with E-state index in [0.29, 0.717) is 11.6 Å². The van der Waals surface area contributed by atoms with Crippen molar-refractivity contribution in [3.05, 3.63) is 73.6 Å². The molecule has 9 nitrogen and oxygen atoms in total. The van der Waals surface area contributed by atoms with E-state index in [4.69, 9.17) is 11.6 Å². The van der Waals surface area contributed by atoms with Crippen LogP contribution in [0.15, 0.2) is 46.2 Å². The normalized spacial score (nSPS) is 14.1. The summed E-state index contributed by atoms with van der Waals surface area (Å²) in [6.07, 6.45) is -0.339. The number of hydrogen-bond acceptors (Lipinski definition) is 4. The van der Waals surface area contributed by atoms with Crippen molar-refractivity contribution >= 4 is 39.3 Å². The molecule has 202 valence electrons. The van der Waals surface area contributed by atoms with Gasteiger partial charge in [0.05, 0.1) is 12.2 Å². The van der Waals surface area contributed by atoms with Crippen molar-refractivity contribution in [2.24, 2.45) is 20.0 Å². The van der Waals surface area contributed by atoms with E-state index in [1.54, 1.807) is 18.3 Å². The number of hydrogen-bond donors (Lipinski definition) is 1. The van der Waals surface area contributed by atoms with Gasteiger partial charge in [0.1, 0.15) is 11.1 Å². The number of aromatic amines is 1. The molecule has 39 heavy (non-hydrogen) atoms. The topological polar surface area (TPSA) is 99.6 Å². The second-order valence-corrected chi connectivity index (χ2v) is 10.4. The number of fused-ring (bicyclic) bond motifs is 2. The number of alkyl halides is 3. The largest absolute Gasteiger partial charge is 0.454 e. The number of carbonyl (C=O) groups is 1. The van der Waals surface area contributed by atoms with Crippen molar-refractivity contribution in [1.29, 1.82) is 0 Å². The number of aryl methyl sites for hydroxylation is 1. The van der Waals surface area contributed by atoms with Crippen LogP contribution in [0.4, 0.5) is 13.2 Å². The average molecular weight is 559 g/mol. The van der Waals surface area contributed by atoms with Crippen LogP contribution in [0.3, 0.4) is 0 Å². The van der Waals surface area contributed by atoms with Crippen LogP contribution >= 0.6 is 11.6 Å². The first-order chi connectivity index (χ1) is 18.4. The van der Waals surface area contributed by atoms with Crippen LogP contribution in [0.5, 0.6) is 0 Å². The molecule has 0 saturated heterocycles. The Kier molecular flexibility index (Phi) is 5.65. The minimum absolute atomic E-state index is 0.0860. The maximum Gasteiger partial charge on any atom is 0.454 e. The molecule has 0 aliphatic heterocycles. The number of benzene rings is 1. The molecular formula is C26H22ClF3N6O3. The quantitative estimate of drug-likeness (QED) is 0.315. The van der Waals surface area contributed by atoms with Gasteiger partial charge in [-0.3, -0.25) is 23.4 Å². The zero-order valence-corrected chi connectivity index (χ0v) is 21.6. The highest BCUT2D eigenvalue weighted by molar-refractivity contribution is 6.31. The summed E-state index contributed by atoms with van der Waals surface area (Å²) < 4.78 is 45.0. The molecule has 5 aromatic rings. The van der Waals surface area contributed by atoms with Crippen LogP contribution in [-0.4, -0.2) is 40.4 Å². The SMILES string of the molecule is Cn1cc(C(=O)C(F)(F)F)cc1-c1c2c(=O)n(C)c(=O)n(CC3CC3)c2nn1Cc1c[nH]c2ccc(Cl)cc12. The molecule has 4 aromatic heterocycles. The Morgan fingerprint density at radius 3 is 2.62 bits per heavy atom. The van der Waals surface area contributed by atoms with Crippen LogP contribution in [0.2, 0.25) is 5.02 Å². The summed E-state index contributed by atoms with van der Waals surface area (Å²) in [6, 6.07) is 6.43. The zero-order chi connectivity index (χ0) is 27.8. The van der Waals surface area contributed by atoms with Gasteiger partial charge in [0.15, 0.2) is 5.65 Å². The van der Waals surface area contributed by atoms with Gasteiger partial charge in [0, 0.05) is 54.5 Å². The van der Waals surface area contributed by atoms with Gasteiger partial charge in [-0.15, -0.1) is 0 Å². The lowest BCUT2D eigenvalue weighted by molar-refractivity contribution is -0.0885. The molecule has 0 spiro atoms. The van der Waals surface area contributed by atoms with Crippen molar-refractivity contribution in [3.63, 3.8) is 0 Å². The second-order valence-electron chi connectivity index (χ2n) is 9.96. The standard InChI is InChI=1S/C26H22ClF3N6O3/c1-33-11-14(22(37)26(28,29)30)7-19(33)21-20-23(35(10-13-3-4-13)25(39)34(2)24(20)38)32-36(21)12-15-9-31-18-6-5-16(27)8-17(15)18/h5-9,11,13,31H,3-4,10,12H2,1-2H3. The summed E-state index contributed by atoms with van der Waals surface area (Å²) in [5, 5.41) is 6.08. The summed E-state index contributed by atoms with van der Waals surface area (Å²) >= 11 is 6.22. The molecular weight excluding hydrogens is 537 g/mol. The molecule has 6 rings (SSSR count). The highest BCUT2D eigenvalue weighted by Gasteiger charge is 2.40. The Hall–Kier alpha value is -4.06. The maximum atomic E-state index is 13.5. The Morgan fingerprint density at radius 1 is 1.18 bits per heavy atom. The molecule has 1 N–H and O–H groups in total. The van der Waals surface area contributed by atoms with Gasteiger partial charge < -0.3 is 9.55 Å². The smallest absolute Gasteiger partial charge is 0.361 e. The predicted octanol–water partition coefficient (Wildman–Crippen LogP) is 4.24. The van der Waals surface area contributed by atoms with E-state index in [0.717, 1.165) is 46.1 Å². The van der Waals surface area contributed by atoms with Crippen LogP contribution in [0.25, 0.3) is 33.3 Å². The number of carbonyl (C=O) groups excluding carboxylic acids is 1. The number of rotatable bonds is 6. The number of aromatic nitrogens is 6. The van der Waals surface area contributed by atoms with Gasteiger partial charge in [-0.05, 0) is 48.6 Å². The van der Waals surface area contributed by atoms with Crippen molar-refractivity contribution in [1.82, 2.24) is 28.5 Å². The van der Waals surface area contributed by atoms with Gasteiger partial charge in [-0.25, -0.2) is 4.79 Å². The third-order valence-corrected chi connectivity index (χ3v) is 7.42. The fraction of sp³-hybridized carbons (Fsp3) is 0.308. The average Bonchev–Trinajstić information content (AvgIpc) is 3.33. The first-order valence-corrected chi connectivity index (χ1v) is 12.6. The van der Waals surface area contributed by atoms with E-state index in [1.807, 2.05) is 6.07 Å². The fourth-order valence-corrected chi connectivity index (χ4v) is 5.16. The van der Waals surface area contributed by atoms with Crippen LogP contribution < -0.4 is 11.2 Å². The van der Waals surface area contributed by atoms with Crippen LogP contribution in [-0.2, 0) is 27.2 Å². The first kappa shape index (κ1) is 25.2. The molecule has 0 bridgehead atoms. The van der Waals surface area contributed by atoms with E-state index in [9.17, 15) is 27.6 Å². The number of Topliss-reactive ketones (excluding diaryl/α,β-unsaturated/α-hetero) is 1. The summed E-state index contributed by atoms with van der Waals surface area (Å²) in [5.74, 6) is -1.72. The molecule has 4 heterocycles. The molecule has 0 unspecified atom stereocenters. The lowest BCUT2D eigenvalue weighted by Gasteiger charge is -2.09. The van der Waals surface area contributed by atoms with Gasteiger partial charge in [0.2, 0.25) is 0 Å². The molecule has 1 aliphatic rings. The number of ketones is 1. The van der Waals surface area contributed by atoms with E-state index in [-0.39, 0.29) is 34.9 Å². The number of nitrogens with one attached hydrogen (secondary N) is 1. The van der Waals surface area contributed by atoms with Crippen molar-refractivity contribution in [3.8, 4) is 11.4 Å². The van der Waals surface area contributed by atoms with E-state index < -0.39 is 28.8 Å². The Labute approximate surface area is 223 Å². The molecule has 1 fully saturated rings. The summed E-state index contributed by atoms with van der Waals surface area (Å²) in [4.78, 5) is 41.8. The number of halogens is 4. The first-order valence-electron chi connectivity index (χ1n) is 12.2. The Bertz CT molecular complexity index is 1920. The third-order valence-electron chi connectivity index (χ3n) is 7.18. The highest BCUT2D eigenvalue weighted by atomic mass is 35.5. The van der Waals surface area contributed by atoms with Crippen molar-refractivity contribution in [2.75, 3.05) is 0 Å². The molecule has 0 amide bonds. The van der Waals surface area contributed by atoms with Crippen molar-refractivity contribution in [2.45, 2.75) is 32.1 Å². The molecule has 1 saturated carbocycles. The summed E-state index contributed by atoms with van der Waals surface area (Å²) in [5.41, 5.74) is 0.383. The Balaban J connectivity index is 1.63. The fourth-order valence-electron chi connectivity index (χ4n) is 4.99. The number of nitrogens with zero attached hydrogens (tertiary/aromatic N) is 5. The highest BCUT2D eigenvalue weighted by Crippen LogP contribution is 2.34. The minimum Gasteiger partial charge on any atom is -0.361 e. The van der Waals surface area contributed by atoms with Gasteiger partial charge in [-0.1, -0.05) is 11.6 Å². The van der Waals surface area contributed by atoms with Crippen LogP contribution in [0, 0.1) is 5.92 Å². The lowest BCUT2D eigenvalue weighted by Crippen LogP contribution is -2.38. The summed E-state index contributed by atoms with van der Waals surface area (Å²) in [6.45, 7) is 0.479. The van der Waals surface area contributed by atoms with Gasteiger partial charge >= 0.3 is 11.9 Å². The van der Waals surface area contributed by atoms with Gasteiger partial charge in [-0.2, -0.15) is 18.3 Å². The summed E-state index contributed by atoms with van der Waals surface area (Å²) in [7, 11) is 2.85. The number of H-pyrrole nitrogens is 1. The monoisotopic (exact) mass is 558 g/mol. The second kappa shape index (κ2) is 8.73. The molecule has 0 atom stereocenters. The zero-order valence-electron chi connectivity index (χ0n) is 20.8. The predicted molar refractivity (Wildman–Crippen MR) is 139 cm³/mol. The molecule has 13 heteroatoms. The van der Waals surface area contributed by atoms with Crippen LogP contribution in [0.1, 0.15) is 28.8 Å². The molecule has 1 aromatic carbocycles. The van der Waals surface area contributed by atoms with Gasteiger partial charge in [0.25, 0.3) is 11.3 Å². The minimum atomic E-state index is -5.06. The maximum absolute atomic E-state index is 13.5. The molecule has 0 radical (unpaired) electrons. The van der Waals surface area contributed by atoms with E-state index >= 15 is 0 Å². The third kappa shape index (κ3) is 4.19.